The van der Waals surface area contributed by atoms with Crippen molar-refractivity contribution in [3.8, 4) is 0 Å². The van der Waals surface area contributed by atoms with Gasteiger partial charge in [-0.05, 0) is 24.6 Å². The largest absolute Gasteiger partial charge is 0.477 e. The Morgan fingerprint density at radius 3 is 2.52 bits per heavy atom. The molecule has 0 saturated carbocycles. The first kappa shape index (κ1) is 14.4. The topological polar surface area (TPSA) is 92.5 Å². The molecule has 2 aromatic rings. The van der Waals surface area contributed by atoms with Crippen molar-refractivity contribution in [2.75, 3.05) is 5.32 Å². The maximum Gasteiger partial charge on any atom is 0.342 e. The summed E-state index contributed by atoms with van der Waals surface area (Å²) in [6, 6.07) is 8.54. The molecule has 0 fully saturated rings. The monoisotopic (exact) mass is 290 g/mol. The molecule has 0 radical (unpaired) electrons. The van der Waals surface area contributed by atoms with Gasteiger partial charge in [-0.3, -0.25) is 10.1 Å². The van der Waals surface area contributed by atoms with Gasteiger partial charge in [0.1, 0.15) is 5.56 Å². The van der Waals surface area contributed by atoms with E-state index >= 15 is 0 Å². The minimum absolute atomic E-state index is 0.132. The number of hydrogen-bond donors (Lipinski definition) is 2. The number of aryl methyl sites for hydroxylation is 1. The van der Waals surface area contributed by atoms with Crippen LogP contribution in [0, 0.1) is 22.9 Å². The van der Waals surface area contributed by atoms with Crippen LogP contribution in [0.25, 0.3) is 0 Å². The SMILES string of the molecule is Cc1ccccc1Nc1cc(C(=O)O)c([N+](=O)[O-])cc1F. The van der Waals surface area contributed by atoms with E-state index in [0.29, 0.717) is 11.8 Å². The second-order valence-corrected chi connectivity index (χ2v) is 4.35. The first-order valence-corrected chi connectivity index (χ1v) is 5.94. The van der Waals surface area contributed by atoms with Crippen molar-refractivity contribution in [3.05, 3.63) is 63.5 Å². The zero-order chi connectivity index (χ0) is 15.6. The molecule has 0 spiro atoms. The minimum Gasteiger partial charge on any atom is -0.477 e. The van der Waals surface area contributed by atoms with Crippen LogP contribution in [0.5, 0.6) is 0 Å². The minimum atomic E-state index is -1.49. The van der Waals surface area contributed by atoms with Crippen LogP contribution in [0.15, 0.2) is 36.4 Å². The van der Waals surface area contributed by atoms with Crippen LogP contribution in [-0.4, -0.2) is 16.0 Å². The number of benzene rings is 2. The summed E-state index contributed by atoms with van der Waals surface area (Å²) in [4.78, 5) is 20.9. The molecule has 21 heavy (non-hydrogen) atoms. The Hall–Kier alpha value is -2.96. The molecule has 0 amide bonds. The summed E-state index contributed by atoms with van der Waals surface area (Å²) >= 11 is 0. The molecule has 2 aromatic carbocycles. The first-order valence-electron chi connectivity index (χ1n) is 5.94. The third-order valence-electron chi connectivity index (χ3n) is 2.93. The molecule has 6 nitrogen and oxygen atoms in total. The van der Waals surface area contributed by atoms with E-state index < -0.39 is 28.0 Å². The van der Waals surface area contributed by atoms with E-state index in [9.17, 15) is 19.3 Å². The molecule has 0 bridgehead atoms. The number of carbonyl (C=O) groups is 1. The van der Waals surface area contributed by atoms with Gasteiger partial charge in [0.25, 0.3) is 5.69 Å². The number of nitro groups is 1. The van der Waals surface area contributed by atoms with Crippen LogP contribution < -0.4 is 5.32 Å². The molecule has 0 aromatic heterocycles. The zero-order valence-corrected chi connectivity index (χ0v) is 11.0. The standard InChI is InChI=1S/C14H11FN2O4/c1-8-4-2-3-5-11(8)16-12-6-9(14(18)19)13(17(20)21)7-10(12)15/h2-7,16H,1H3,(H,18,19). The molecule has 2 N–H and O–H groups in total. The highest BCUT2D eigenvalue weighted by Gasteiger charge is 2.23. The molecule has 0 unspecified atom stereocenters. The molecule has 0 heterocycles. The summed E-state index contributed by atoms with van der Waals surface area (Å²) in [6.45, 7) is 1.80. The molecule has 0 aliphatic heterocycles. The van der Waals surface area contributed by atoms with Crippen LogP contribution in [0.3, 0.4) is 0 Å². The van der Waals surface area contributed by atoms with E-state index in [1.165, 1.54) is 0 Å². The maximum atomic E-state index is 13.9. The fraction of sp³-hybridized carbons (Fsp3) is 0.0714. The number of carboxylic acid groups (broad SMARTS) is 1. The Morgan fingerprint density at radius 2 is 1.95 bits per heavy atom. The number of para-hydroxylation sites is 1. The van der Waals surface area contributed by atoms with E-state index in [0.717, 1.165) is 11.6 Å². The van der Waals surface area contributed by atoms with Crippen LogP contribution in [0.2, 0.25) is 0 Å². The molecular weight excluding hydrogens is 279 g/mol. The molecule has 108 valence electrons. The number of nitro benzene ring substituents is 1. The summed E-state index contributed by atoms with van der Waals surface area (Å²) in [5, 5.41) is 22.5. The van der Waals surface area contributed by atoms with Crippen LogP contribution >= 0.6 is 0 Å². The third-order valence-corrected chi connectivity index (χ3v) is 2.93. The Kier molecular flexibility index (Phi) is 3.84. The highest BCUT2D eigenvalue weighted by Crippen LogP contribution is 2.29. The van der Waals surface area contributed by atoms with Crippen molar-refractivity contribution in [3.63, 3.8) is 0 Å². The molecule has 0 aliphatic rings. The number of halogens is 1. The summed E-state index contributed by atoms with van der Waals surface area (Å²) < 4.78 is 13.9. The van der Waals surface area contributed by atoms with E-state index in [-0.39, 0.29) is 5.69 Å². The molecule has 2 rings (SSSR count). The fourth-order valence-electron chi connectivity index (χ4n) is 1.84. The summed E-state index contributed by atoms with van der Waals surface area (Å²) in [6.07, 6.45) is 0. The Balaban J connectivity index is 2.50. The van der Waals surface area contributed by atoms with Crippen molar-refractivity contribution in [1.29, 1.82) is 0 Å². The van der Waals surface area contributed by atoms with Gasteiger partial charge in [-0.2, -0.15) is 0 Å². The predicted octanol–water partition coefficient (Wildman–Crippen LogP) is 3.48. The first-order chi connectivity index (χ1) is 9.90. The number of rotatable bonds is 4. The molecular formula is C14H11FN2O4. The lowest BCUT2D eigenvalue weighted by atomic mass is 10.1. The second kappa shape index (κ2) is 5.58. The fourth-order valence-corrected chi connectivity index (χ4v) is 1.84. The Bertz CT molecular complexity index is 731. The van der Waals surface area contributed by atoms with Gasteiger partial charge in [0, 0.05) is 5.69 Å². The molecule has 0 aliphatic carbocycles. The number of anilines is 2. The van der Waals surface area contributed by atoms with E-state index in [1.54, 1.807) is 31.2 Å². The van der Waals surface area contributed by atoms with Crippen molar-refractivity contribution >= 4 is 23.0 Å². The third kappa shape index (κ3) is 2.97. The van der Waals surface area contributed by atoms with E-state index in [2.05, 4.69) is 5.32 Å². The summed E-state index contributed by atoms with van der Waals surface area (Å²) in [5.41, 5.74) is -0.0752. The van der Waals surface area contributed by atoms with Gasteiger partial charge in [-0.25, -0.2) is 9.18 Å². The van der Waals surface area contributed by atoms with E-state index in [4.69, 9.17) is 5.11 Å². The van der Waals surface area contributed by atoms with Crippen molar-refractivity contribution in [1.82, 2.24) is 0 Å². The predicted molar refractivity (Wildman–Crippen MR) is 74.5 cm³/mol. The smallest absolute Gasteiger partial charge is 0.342 e. The van der Waals surface area contributed by atoms with Gasteiger partial charge in [-0.15, -0.1) is 0 Å². The molecule has 0 atom stereocenters. The average molecular weight is 290 g/mol. The second-order valence-electron chi connectivity index (χ2n) is 4.35. The van der Waals surface area contributed by atoms with E-state index in [1.807, 2.05) is 0 Å². The lowest BCUT2D eigenvalue weighted by molar-refractivity contribution is -0.385. The van der Waals surface area contributed by atoms with Crippen molar-refractivity contribution in [2.24, 2.45) is 0 Å². The Labute approximate surface area is 119 Å². The lowest BCUT2D eigenvalue weighted by Gasteiger charge is -2.11. The van der Waals surface area contributed by atoms with Gasteiger partial charge in [0.05, 0.1) is 16.7 Å². The maximum absolute atomic E-state index is 13.9. The molecule has 0 saturated heterocycles. The van der Waals surface area contributed by atoms with Gasteiger partial charge in [0.2, 0.25) is 0 Å². The highest BCUT2D eigenvalue weighted by atomic mass is 19.1. The van der Waals surface area contributed by atoms with Crippen LogP contribution in [0.4, 0.5) is 21.5 Å². The van der Waals surface area contributed by atoms with Crippen molar-refractivity contribution < 1.29 is 19.2 Å². The average Bonchev–Trinajstić information content (AvgIpc) is 2.42. The van der Waals surface area contributed by atoms with Crippen LogP contribution in [-0.2, 0) is 0 Å². The number of hydrogen-bond acceptors (Lipinski definition) is 4. The molecule has 7 heteroatoms. The van der Waals surface area contributed by atoms with Gasteiger partial charge in [0.15, 0.2) is 5.82 Å². The van der Waals surface area contributed by atoms with Gasteiger partial charge >= 0.3 is 5.97 Å². The van der Waals surface area contributed by atoms with Crippen molar-refractivity contribution in [2.45, 2.75) is 6.92 Å². The number of aromatic carboxylic acids is 1. The van der Waals surface area contributed by atoms with Crippen LogP contribution in [0.1, 0.15) is 15.9 Å². The number of carboxylic acids is 1. The zero-order valence-electron chi connectivity index (χ0n) is 11.0. The quantitative estimate of drug-likeness (QED) is 0.664. The highest BCUT2D eigenvalue weighted by molar-refractivity contribution is 5.94. The summed E-state index contributed by atoms with van der Waals surface area (Å²) in [5.74, 6) is -2.38. The Morgan fingerprint density at radius 1 is 1.29 bits per heavy atom. The number of nitrogens with zero attached hydrogens (tertiary/aromatic N) is 1. The summed E-state index contributed by atoms with van der Waals surface area (Å²) in [7, 11) is 0. The van der Waals surface area contributed by atoms with Gasteiger partial charge in [-0.1, -0.05) is 18.2 Å². The lowest BCUT2D eigenvalue weighted by Crippen LogP contribution is -2.06. The normalized spacial score (nSPS) is 10.2. The number of nitrogens with one attached hydrogen (secondary N) is 1. The van der Waals surface area contributed by atoms with Gasteiger partial charge < -0.3 is 10.4 Å².